The summed E-state index contributed by atoms with van der Waals surface area (Å²) in [6, 6.07) is 11.8. The first-order chi connectivity index (χ1) is 16.3. The van der Waals surface area contributed by atoms with E-state index in [0.717, 1.165) is 0 Å². The molecule has 0 aliphatic heterocycles. The molecule has 0 saturated heterocycles. The van der Waals surface area contributed by atoms with Crippen LogP contribution in [0.15, 0.2) is 59.5 Å². The molecule has 0 saturated carbocycles. The summed E-state index contributed by atoms with van der Waals surface area (Å²) < 4.78 is 20.3. The summed E-state index contributed by atoms with van der Waals surface area (Å²) in [6.45, 7) is 3.28. The number of carbonyl (C=O) groups is 1. The van der Waals surface area contributed by atoms with Crippen molar-refractivity contribution in [1.29, 1.82) is 0 Å². The molecule has 2 aromatic carbocycles. The van der Waals surface area contributed by atoms with Gasteiger partial charge in [0.25, 0.3) is 0 Å². The Bertz CT molecular complexity index is 1190. The predicted octanol–water partition coefficient (Wildman–Crippen LogP) is 4.02. The SMILES string of the molecule is Cc1ncc(COc2ccccc2O[P+]([O-])=N[C@@H](C)C(=O)Oc2ccc(Cl)cc2)c(CN)c1O. The number of pyridine rings is 1. The molecule has 3 rings (SSSR count). The van der Waals surface area contributed by atoms with E-state index in [1.54, 1.807) is 49.5 Å². The van der Waals surface area contributed by atoms with Crippen LogP contribution in [0, 0.1) is 6.92 Å². The number of ether oxygens (including phenoxy) is 2. The molecule has 178 valence electrons. The average molecular weight is 504 g/mol. The molecule has 0 radical (unpaired) electrons. The molecule has 0 spiro atoms. The van der Waals surface area contributed by atoms with Gasteiger partial charge >= 0.3 is 14.1 Å². The van der Waals surface area contributed by atoms with Crippen LogP contribution in [0.5, 0.6) is 23.0 Å². The zero-order chi connectivity index (χ0) is 24.7. The van der Waals surface area contributed by atoms with Gasteiger partial charge in [-0.05, 0) is 50.2 Å². The molecule has 34 heavy (non-hydrogen) atoms. The van der Waals surface area contributed by atoms with Gasteiger partial charge in [-0.3, -0.25) is 9.51 Å². The van der Waals surface area contributed by atoms with Gasteiger partial charge in [0.15, 0.2) is 11.8 Å². The fourth-order valence-corrected chi connectivity index (χ4v) is 3.71. The van der Waals surface area contributed by atoms with E-state index in [2.05, 4.69) is 9.73 Å². The van der Waals surface area contributed by atoms with Crippen molar-refractivity contribution in [2.75, 3.05) is 0 Å². The van der Waals surface area contributed by atoms with Crippen LogP contribution in [0.1, 0.15) is 23.7 Å². The number of aromatic nitrogens is 1. The summed E-state index contributed by atoms with van der Waals surface area (Å²) in [6.07, 6.45) is 1.57. The Morgan fingerprint density at radius 3 is 2.59 bits per heavy atom. The van der Waals surface area contributed by atoms with E-state index in [-0.39, 0.29) is 24.7 Å². The van der Waals surface area contributed by atoms with E-state index < -0.39 is 20.2 Å². The van der Waals surface area contributed by atoms with Crippen molar-refractivity contribution in [3.05, 3.63) is 76.6 Å². The number of carbonyl (C=O) groups excluding carboxylic acids is 1. The Labute approximate surface area is 202 Å². The largest absolute Gasteiger partial charge is 0.575 e. The zero-order valence-electron chi connectivity index (χ0n) is 18.5. The number of aryl methyl sites for hydroxylation is 1. The topological polar surface area (TPSA) is 139 Å². The van der Waals surface area contributed by atoms with Gasteiger partial charge in [0.05, 0.1) is 5.69 Å². The molecular formula is C23H23ClN3O6P. The lowest BCUT2D eigenvalue weighted by Gasteiger charge is -2.13. The Hall–Kier alpha value is -3.23. The summed E-state index contributed by atoms with van der Waals surface area (Å²) in [5.41, 5.74) is 7.35. The van der Waals surface area contributed by atoms with Crippen LogP contribution in [-0.4, -0.2) is 22.1 Å². The number of nitrogens with zero attached hydrogens (tertiary/aromatic N) is 2. The third-order valence-corrected chi connectivity index (χ3v) is 5.82. The van der Waals surface area contributed by atoms with Gasteiger partial charge in [-0.15, -0.1) is 0 Å². The minimum Gasteiger partial charge on any atom is -0.575 e. The number of hydrogen-bond acceptors (Lipinski definition) is 9. The van der Waals surface area contributed by atoms with Gasteiger partial charge in [0, 0.05) is 28.9 Å². The van der Waals surface area contributed by atoms with Crippen molar-refractivity contribution in [2.45, 2.75) is 33.0 Å². The maximum absolute atomic E-state index is 12.5. The maximum atomic E-state index is 12.5. The fourth-order valence-electron chi connectivity index (χ4n) is 2.84. The Balaban J connectivity index is 1.67. The molecule has 1 heterocycles. The van der Waals surface area contributed by atoms with E-state index in [1.807, 2.05) is 0 Å². The first-order valence-electron chi connectivity index (χ1n) is 10.2. The first-order valence-corrected chi connectivity index (χ1v) is 11.7. The summed E-state index contributed by atoms with van der Waals surface area (Å²) in [7, 11) is -2.61. The summed E-state index contributed by atoms with van der Waals surface area (Å²) in [4.78, 5) is 28.8. The molecule has 1 aromatic heterocycles. The van der Waals surface area contributed by atoms with Crippen molar-refractivity contribution in [3.63, 3.8) is 0 Å². The molecule has 3 aromatic rings. The van der Waals surface area contributed by atoms with Gasteiger partial charge < -0.3 is 25.2 Å². The van der Waals surface area contributed by atoms with E-state index in [1.165, 1.54) is 19.1 Å². The maximum Gasteiger partial charge on any atom is 0.395 e. The Kier molecular flexibility index (Phi) is 8.79. The lowest BCUT2D eigenvalue weighted by Crippen LogP contribution is -2.21. The van der Waals surface area contributed by atoms with Gasteiger partial charge in [0.1, 0.15) is 18.1 Å². The van der Waals surface area contributed by atoms with Crippen LogP contribution < -0.4 is 24.6 Å². The number of hydrogen-bond donors (Lipinski definition) is 2. The molecule has 11 heteroatoms. The molecule has 1 unspecified atom stereocenters. The monoisotopic (exact) mass is 503 g/mol. The number of halogens is 1. The average Bonchev–Trinajstić information content (AvgIpc) is 2.82. The Morgan fingerprint density at radius 1 is 1.24 bits per heavy atom. The van der Waals surface area contributed by atoms with E-state index in [4.69, 9.17) is 31.3 Å². The van der Waals surface area contributed by atoms with Crippen molar-refractivity contribution in [3.8, 4) is 23.0 Å². The number of benzene rings is 2. The molecular weight excluding hydrogens is 481 g/mol. The van der Waals surface area contributed by atoms with E-state index in [9.17, 15) is 14.8 Å². The highest BCUT2D eigenvalue weighted by atomic mass is 35.5. The van der Waals surface area contributed by atoms with Crippen LogP contribution >= 0.6 is 19.8 Å². The van der Waals surface area contributed by atoms with Crippen LogP contribution in [0.2, 0.25) is 5.02 Å². The normalized spacial score (nSPS) is 12.2. The molecule has 0 aliphatic carbocycles. The van der Waals surface area contributed by atoms with Crippen molar-refractivity contribution >= 4 is 25.7 Å². The van der Waals surface area contributed by atoms with Crippen molar-refractivity contribution in [1.82, 2.24) is 4.98 Å². The van der Waals surface area contributed by atoms with Crippen LogP contribution in [0.25, 0.3) is 0 Å². The zero-order valence-corrected chi connectivity index (χ0v) is 20.1. The second-order valence-corrected chi connectivity index (χ2v) is 8.46. The third kappa shape index (κ3) is 6.65. The minimum atomic E-state index is -2.61. The second kappa shape index (κ2) is 11.8. The Morgan fingerprint density at radius 2 is 1.91 bits per heavy atom. The highest BCUT2D eigenvalue weighted by Gasteiger charge is 2.21. The van der Waals surface area contributed by atoms with Crippen LogP contribution in [-0.2, 0) is 17.9 Å². The summed E-state index contributed by atoms with van der Waals surface area (Å²) in [5, 5.41) is 10.7. The summed E-state index contributed by atoms with van der Waals surface area (Å²) >= 11 is 5.81. The second-order valence-electron chi connectivity index (χ2n) is 7.13. The molecule has 0 aliphatic rings. The van der Waals surface area contributed by atoms with Gasteiger partial charge in [-0.25, -0.2) is 4.79 Å². The van der Waals surface area contributed by atoms with Gasteiger partial charge in [0.2, 0.25) is 5.75 Å². The highest BCUT2D eigenvalue weighted by molar-refractivity contribution is 7.34. The smallest absolute Gasteiger partial charge is 0.395 e. The quantitative estimate of drug-likeness (QED) is 0.253. The van der Waals surface area contributed by atoms with Crippen molar-refractivity contribution < 1.29 is 28.8 Å². The third-order valence-electron chi connectivity index (χ3n) is 4.68. The molecule has 0 bridgehead atoms. The molecule has 9 nitrogen and oxygen atoms in total. The van der Waals surface area contributed by atoms with Crippen LogP contribution in [0.3, 0.4) is 0 Å². The predicted molar refractivity (Wildman–Crippen MR) is 126 cm³/mol. The molecule has 0 fully saturated rings. The number of rotatable bonds is 9. The highest BCUT2D eigenvalue weighted by Crippen LogP contribution is 2.34. The molecule has 0 amide bonds. The number of aromatic hydroxyl groups is 1. The molecule has 2 atom stereocenters. The number of esters is 1. The minimum absolute atomic E-state index is 0.0227. The number of nitrogens with two attached hydrogens (primary N) is 1. The van der Waals surface area contributed by atoms with Crippen LogP contribution in [0.4, 0.5) is 0 Å². The standard InChI is InChI=1S/C23H23ClN3O6P/c1-14-22(28)19(11-25)16(12-26-14)13-31-20-5-3-4-6-21(20)33-34(30)27-15(2)23(29)32-18-9-7-17(24)8-10-18/h3-10,12,15,28H,11,13,25H2,1-2H3/t15-/m0/s1. The number of para-hydroxylation sites is 2. The van der Waals surface area contributed by atoms with E-state index >= 15 is 0 Å². The molecule has 3 N–H and O–H groups in total. The fraction of sp³-hybridized carbons (Fsp3) is 0.217. The van der Waals surface area contributed by atoms with Gasteiger partial charge in [-0.2, -0.15) is 0 Å². The first kappa shape index (κ1) is 25.4. The van der Waals surface area contributed by atoms with Gasteiger partial charge in [-0.1, -0.05) is 28.5 Å². The van der Waals surface area contributed by atoms with Crippen molar-refractivity contribution in [2.24, 2.45) is 10.5 Å². The summed E-state index contributed by atoms with van der Waals surface area (Å²) in [5.74, 6) is 0.0822. The van der Waals surface area contributed by atoms with E-state index in [0.29, 0.717) is 33.3 Å². The lowest BCUT2D eigenvalue weighted by molar-refractivity contribution is -0.169. The lowest BCUT2D eigenvalue weighted by atomic mass is 10.1.